The molecule has 1 radical (unpaired) electrons. The van der Waals surface area contributed by atoms with Gasteiger partial charge in [0.05, 0.1) is 6.07 Å². The average Bonchev–Trinajstić information content (AvgIpc) is 2.06. The van der Waals surface area contributed by atoms with Gasteiger partial charge in [0.2, 0.25) is 0 Å². The number of hydrogen-bond acceptors (Lipinski definition) is 1. The number of benzene rings is 1. The zero-order valence-corrected chi connectivity index (χ0v) is 6.54. The van der Waals surface area contributed by atoms with E-state index in [2.05, 4.69) is 12.1 Å². The molecule has 1 nitrogen and oxygen atoms in total. The molecule has 0 heterocycles. The monoisotopic (exact) mass is 144 g/mol. The van der Waals surface area contributed by atoms with Gasteiger partial charge in [0, 0.05) is 5.92 Å². The Morgan fingerprint density at radius 1 is 1.55 bits per heavy atom. The van der Waals surface area contributed by atoms with Crippen LogP contribution in [0.4, 0.5) is 0 Å². The first kappa shape index (κ1) is 7.81. The molecule has 0 amide bonds. The van der Waals surface area contributed by atoms with Crippen LogP contribution in [-0.4, -0.2) is 0 Å². The lowest BCUT2D eigenvalue weighted by Crippen LogP contribution is -1.94. The minimum absolute atomic E-state index is 0.109. The Bertz CT molecular complexity index is 245. The zero-order valence-electron chi connectivity index (χ0n) is 6.54. The molecule has 1 unspecified atom stereocenters. The van der Waals surface area contributed by atoms with E-state index in [0.29, 0.717) is 0 Å². The fourth-order valence-corrected chi connectivity index (χ4v) is 0.957. The molecule has 0 aliphatic carbocycles. The molecular weight excluding hydrogens is 134 g/mol. The second-order valence-electron chi connectivity index (χ2n) is 2.64. The molecule has 1 aromatic rings. The predicted molar refractivity (Wildman–Crippen MR) is 43.8 cm³/mol. The molecule has 55 valence electrons. The van der Waals surface area contributed by atoms with Crippen LogP contribution < -0.4 is 0 Å². The molecule has 0 aromatic heterocycles. The molecule has 1 atom stereocenters. The van der Waals surface area contributed by atoms with E-state index in [1.165, 1.54) is 5.56 Å². The molecule has 0 aliphatic heterocycles. The summed E-state index contributed by atoms with van der Waals surface area (Å²) in [5, 5.41) is 8.54. The third-order valence-electron chi connectivity index (χ3n) is 1.55. The summed E-state index contributed by atoms with van der Waals surface area (Å²) in [7, 11) is 0. The summed E-state index contributed by atoms with van der Waals surface area (Å²) in [6.45, 7) is 1.93. The van der Waals surface area contributed by atoms with Gasteiger partial charge in [0.25, 0.3) is 0 Å². The van der Waals surface area contributed by atoms with Crippen LogP contribution in [0, 0.1) is 23.3 Å². The standard InChI is InChI=1S/C10H10N/c1-9(8-11)7-10-5-3-2-4-6-10/h3-6,9H,7H2,1H3. The highest BCUT2D eigenvalue weighted by molar-refractivity contribution is 5.15. The second-order valence-corrected chi connectivity index (χ2v) is 2.64. The number of nitriles is 1. The quantitative estimate of drug-likeness (QED) is 0.624. The van der Waals surface area contributed by atoms with Crippen molar-refractivity contribution in [1.29, 1.82) is 5.26 Å². The van der Waals surface area contributed by atoms with E-state index in [1.54, 1.807) is 0 Å². The summed E-state index contributed by atoms with van der Waals surface area (Å²) in [4.78, 5) is 0. The van der Waals surface area contributed by atoms with Gasteiger partial charge in [-0.15, -0.1) is 0 Å². The topological polar surface area (TPSA) is 23.8 Å². The summed E-state index contributed by atoms with van der Waals surface area (Å²) in [6, 6.07) is 12.9. The van der Waals surface area contributed by atoms with Gasteiger partial charge in [-0.25, -0.2) is 0 Å². The summed E-state index contributed by atoms with van der Waals surface area (Å²) in [5.41, 5.74) is 1.21. The fourth-order valence-electron chi connectivity index (χ4n) is 0.957. The Hall–Kier alpha value is -1.29. The maximum Gasteiger partial charge on any atom is 0.0656 e. The van der Waals surface area contributed by atoms with Gasteiger partial charge >= 0.3 is 0 Å². The van der Waals surface area contributed by atoms with Crippen molar-refractivity contribution < 1.29 is 0 Å². The molecule has 0 spiro atoms. The van der Waals surface area contributed by atoms with Crippen molar-refractivity contribution in [2.45, 2.75) is 13.3 Å². The minimum atomic E-state index is 0.109. The van der Waals surface area contributed by atoms with Gasteiger partial charge in [-0.05, 0) is 25.0 Å². The van der Waals surface area contributed by atoms with E-state index in [0.717, 1.165) is 6.42 Å². The second kappa shape index (κ2) is 3.78. The van der Waals surface area contributed by atoms with E-state index in [9.17, 15) is 0 Å². The largest absolute Gasteiger partial charge is 0.198 e. The van der Waals surface area contributed by atoms with Crippen LogP contribution in [-0.2, 0) is 6.42 Å². The van der Waals surface area contributed by atoms with Gasteiger partial charge < -0.3 is 0 Å². The molecule has 0 fully saturated rings. The number of hydrogen-bond donors (Lipinski definition) is 0. The molecular formula is C10H10N. The third kappa shape index (κ3) is 2.43. The van der Waals surface area contributed by atoms with Crippen molar-refractivity contribution in [2.24, 2.45) is 5.92 Å². The lowest BCUT2D eigenvalue weighted by atomic mass is 10.0. The molecule has 1 aromatic carbocycles. The van der Waals surface area contributed by atoms with E-state index >= 15 is 0 Å². The van der Waals surface area contributed by atoms with Crippen molar-refractivity contribution in [3.8, 4) is 6.07 Å². The summed E-state index contributed by atoms with van der Waals surface area (Å²) in [6.07, 6.45) is 0.838. The molecule has 0 N–H and O–H groups in total. The van der Waals surface area contributed by atoms with E-state index < -0.39 is 0 Å². The van der Waals surface area contributed by atoms with Crippen molar-refractivity contribution in [2.75, 3.05) is 0 Å². The Morgan fingerprint density at radius 2 is 2.18 bits per heavy atom. The summed E-state index contributed by atoms with van der Waals surface area (Å²) >= 11 is 0. The normalized spacial score (nSPS) is 12.0. The van der Waals surface area contributed by atoms with Crippen LogP contribution in [0.1, 0.15) is 12.5 Å². The molecule has 0 aliphatic rings. The van der Waals surface area contributed by atoms with Crippen molar-refractivity contribution in [1.82, 2.24) is 0 Å². The molecule has 1 heteroatoms. The highest BCUT2D eigenvalue weighted by atomic mass is 14.3. The fraction of sp³-hybridized carbons (Fsp3) is 0.300. The first-order valence-electron chi connectivity index (χ1n) is 3.67. The lowest BCUT2D eigenvalue weighted by Gasteiger charge is -2.00. The van der Waals surface area contributed by atoms with Gasteiger partial charge in [-0.3, -0.25) is 0 Å². The average molecular weight is 144 g/mol. The van der Waals surface area contributed by atoms with Gasteiger partial charge in [-0.1, -0.05) is 24.3 Å². The van der Waals surface area contributed by atoms with Crippen molar-refractivity contribution >= 4 is 0 Å². The Morgan fingerprint density at radius 3 is 2.73 bits per heavy atom. The third-order valence-corrected chi connectivity index (χ3v) is 1.55. The highest BCUT2D eigenvalue weighted by Crippen LogP contribution is 2.05. The van der Waals surface area contributed by atoms with Crippen LogP contribution in [0.3, 0.4) is 0 Å². The predicted octanol–water partition coefficient (Wildman–Crippen LogP) is 2.19. The maximum atomic E-state index is 8.54. The van der Waals surface area contributed by atoms with Gasteiger partial charge in [-0.2, -0.15) is 5.26 Å². The van der Waals surface area contributed by atoms with Crippen LogP contribution in [0.15, 0.2) is 24.3 Å². The van der Waals surface area contributed by atoms with Crippen LogP contribution in [0.5, 0.6) is 0 Å². The smallest absolute Gasteiger partial charge is 0.0656 e. The first-order chi connectivity index (χ1) is 5.33. The molecule has 11 heavy (non-hydrogen) atoms. The molecule has 0 saturated carbocycles. The van der Waals surface area contributed by atoms with Crippen LogP contribution in [0.25, 0.3) is 0 Å². The van der Waals surface area contributed by atoms with E-state index in [-0.39, 0.29) is 5.92 Å². The molecule has 0 bridgehead atoms. The SMILES string of the molecule is CC(C#N)Cc1cc[c]cc1. The summed E-state index contributed by atoms with van der Waals surface area (Å²) < 4.78 is 0. The van der Waals surface area contributed by atoms with Gasteiger partial charge in [0.15, 0.2) is 0 Å². The van der Waals surface area contributed by atoms with Crippen LogP contribution in [0.2, 0.25) is 0 Å². The van der Waals surface area contributed by atoms with Crippen LogP contribution >= 0.6 is 0 Å². The number of nitrogens with zero attached hydrogens (tertiary/aromatic N) is 1. The molecule has 1 rings (SSSR count). The highest BCUT2D eigenvalue weighted by Gasteiger charge is 1.99. The maximum absolute atomic E-state index is 8.54. The Balaban J connectivity index is 2.60. The van der Waals surface area contributed by atoms with Crippen molar-refractivity contribution in [3.05, 3.63) is 35.9 Å². The zero-order chi connectivity index (χ0) is 8.10. The number of rotatable bonds is 2. The first-order valence-corrected chi connectivity index (χ1v) is 3.67. The van der Waals surface area contributed by atoms with E-state index in [4.69, 9.17) is 5.26 Å². The van der Waals surface area contributed by atoms with Gasteiger partial charge in [0.1, 0.15) is 0 Å². The Kier molecular flexibility index (Phi) is 2.68. The van der Waals surface area contributed by atoms with Crippen molar-refractivity contribution in [3.63, 3.8) is 0 Å². The summed E-state index contributed by atoms with van der Waals surface area (Å²) in [5.74, 6) is 0.109. The lowest BCUT2D eigenvalue weighted by molar-refractivity contribution is 0.739. The molecule has 0 saturated heterocycles. The minimum Gasteiger partial charge on any atom is -0.198 e. The van der Waals surface area contributed by atoms with E-state index in [1.807, 2.05) is 31.2 Å². The Labute approximate surface area is 67.3 Å².